The summed E-state index contributed by atoms with van der Waals surface area (Å²) in [7, 11) is 2.56. The summed E-state index contributed by atoms with van der Waals surface area (Å²) < 4.78 is 41.7. The van der Waals surface area contributed by atoms with Crippen molar-refractivity contribution in [3.05, 3.63) is 151 Å². The second kappa shape index (κ2) is 22.3. The zero-order valence-corrected chi connectivity index (χ0v) is 31.0. The van der Waals surface area contributed by atoms with Gasteiger partial charge in [0.15, 0.2) is 0 Å². The van der Waals surface area contributed by atoms with Gasteiger partial charge in [0.2, 0.25) is 0 Å². The predicted molar refractivity (Wildman–Crippen MR) is 177 cm³/mol. The summed E-state index contributed by atoms with van der Waals surface area (Å²) in [5.41, 5.74) is 2.47. The van der Waals surface area contributed by atoms with Crippen molar-refractivity contribution in [3.63, 3.8) is 0 Å². The van der Waals surface area contributed by atoms with E-state index in [-0.39, 0.29) is 47.8 Å². The zero-order chi connectivity index (χ0) is 34.9. The number of rotatable bonds is 8. The molecule has 8 nitrogen and oxygen atoms in total. The summed E-state index contributed by atoms with van der Waals surface area (Å²) >= 11 is 14.5. The molecule has 2 unspecified atom stereocenters. The first kappa shape index (κ1) is 42.7. The first-order chi connectivity index (χ1) is 22.5. The monoisotopic (exact) mass is 770 g/mol. The maximum absolute atomic E-state index is 13.6. The molecule has 4 rings (SSSR count). The number of hydrogen-bond donors (Lipinski definition) is 1. The van der Waals surface area contributed by atoms with E-state index in [4.69, 9.17) is 39.8 Å². The number of carbonyl (C=O) groups excluding carboxylic acids is 2. The quantitative estimate of drug-likeness (QED) is 0.107. The van der Waals surface area contributed by atoms with Gasteiger partial charge in [-0.25, -0.2) is 24.9 Å². The summed E-state index contributed by atoms with van der Waals surface area (Å²) in [5, 5.41) is 18.7. The Morgan fingerprint density at radius 3 is 1.79 bits per heavy atom. The number of aliphatic hydroxyl groups excluding tert-OH is 1. The second-order valence-electron chi connectivity index (χ2n) is 9.17. The minimum atomic E-state index is -1.08. The molecule has 0 radical (unpaired) electrons. The van der Waals surface area contributed by atoms with Crippen LogP contribution in [-0.4, -0.2) is 43.3 Å². The Hall–Kier alpha value is -3.36. The van der Waals surface area contributed by atoms with E-state index < -0.39 is 35.8 Å². The fraction of sp³-hybridized carbons (Fsp3) is 0.176. The molecular formula is C34H28BrCl2F2N2NaO6. The third-order valence-electron chi connectivity index (χ3n) is 5.99. The number of ether oxygens (including phenoxy) is 3. The van der Waals surface area contributed by atoms with Crippen LogP contribution in [0.4, 0.5) is 8.78 Å². The van der Waals surface area contributed by atoms with E-state index in [1.54, 1.807) is 48.5 Å². The summed E-state index contributed by atoms with van der Waals surface area (Å²) in [6, 6.07) is 22.6. The number of carbonyl (C=O) groups is 2. The molecule has 0 bridgehead atoms. The molecule has 4 aromatic carbocycles. The van der Waals surface area contributed by atoms with Crippen LogP contribution in [0.3, 0.4) is 0 Å². The van der Waals surface area contributed by atoms with E-state index >= 15 is 0 Å². The van der Waals surface area contributed by atoms with Crippen molar-refractivity contribution >= 4 is 51.1 Å². The van der Waals surface area contributed by atoms with E-state index in [1.165, 1.54) is 44.6 Å². The molecule has 0 spiro atoms. The minimum absolute atomic E-state index is 0. The summed E-state index contributed by atoms with van der Waals surface area (Å²) in [5.74, 6) is -2.03. The van der Waals surface area contributed by atoms with Crippen molar-refractivity contribution in [1.29, 1.82) is 5.26 Å². The number of nitriles is 1. The van der Waals surface area contributed by atoms with E-state index in [9.17, 15) is 23.5 Å². The number of halogens is 5. The van der Waals surface area contributed by atoms with Crippen LogP contribution in [-0.2, 0) is 14.2 Å². The summed E-state index contributed by atoms with van der Waals surface area (Å²) in [4.78, 5) is 26.3. The molecule has 48 heavy (non-hydrogen) atoms. The van der Waals surface area contributed by atoms with Crippen LogP contribution in [0, 0.1) is 29.5 Å². The SMILES string of the molecule is COC(=O)c1cccc(C(O)c2cc(F)cc(Cl)c2)c1.N#CCBr.[C-]#[N+]COC(c1cc(F)cc(Cl)c1)c1cccc(C(=O)OC)c1.[H-].[Na+]. The molecule has 4 aromatic rings. The smallest absolute Gasteiger partial charge is 1.00 e. The molecule has 0 saturated carbocycles. The fourth-order valence-corrected chi connectivity index (χ4v) is 4.51. The van der Waals surface area contributed by atoms with Crippen molar-refractivity contribution in [2.24, 2.45) is 0 Å². The molecule has 0 amide bonds. The Balaban J connectivity index is 0.000000823. The van der Waals surface area contributed by atoms with Crippen molar-refractivity contribution in [2.75, 3.05) is 26.3 Å². The minimum Gasteiger partial charge on any atom is -1.00 e. The van der Waals surface area contributed by atoms with Crippen LogP contribution in [0.15, 0.2) is 84.9 Å². The van der Waals surface area contributed by atoms with Crippen molar-refractivity contribution < 1.29 is 68.7 Å². The first-order valence-electron chi connectivity index (χ1n) is 13.3. The second-order valence-corrected chi connectivity index (χ2v) is 10.6. The predicted octanol–water partition coefficient (Wildman–Crippen LogP) is 5.62. The van der Waals surface area contributed by atoms with Gasteiger partial charge in [0.1, 0.15) is 23.8 Å². The molecular weight excluding hydrogens is 744 g/mol. The molecule has 246 valence electrons. The molecule has 0 saturated heterocycles. The number of nitrogens with zero attached hydrogens (tertiary/aromatic N) is 2. The number of esters is 2. The van der Waals surface area contributed by atoms with Crippen LogP contribution >= 0.6 is 39.1 Å². The molecule has 0 aliphatic rings. The normalized spacial score (nSPS) is 11.0. The number of methoxy groups -OCH3 is 2. The molecule has 1 N–H and O–H groups in total. The Morgan fingerprint density at radius 2 is 1.33 bits per heavy atom. The van der Waals surface area contributed by atoms with Crippen LogP contribution < -0.4 is 29.6 Å². The first-order valence-corrected chi connectivity index (χ1v) is 15.2. The topological polar surface area (TPSA) is 110 Å². The van der Waals surface area contributed by atoms with E-state index in [0.717, 1.165) is 6.07 Å². The third kappa shape index (κ3) is 13.6. The van der Waals surface area contributed by atoms with Crippen LogP contribution in [0.25, 0.3) is 4.85 Å². The van der Waals surface area contributed by atoms with Gasteiger partial charge >= 0.3 is 48.2 Å². The molecule has 0 aromatic heterocycles. The average Bonchev–Trinajstić information content (AvgIpc) is 3.07. The van der Waals surface area contributed by atoms with Gasteiger partial charge in [0.25, 0.3) is 0 Å². The molecule has 0 fully saturated rings. The Morgan fingerprint density at radius 1 is 0.875 bits per heavy atom. The largest absolute Gasteiger partial charge is 1.00 e. The standard InChI is InChI=1S/C17H13ClFNO3.C15H12ClFO3.C2H2BrN.Na.H/c1-20-10-23-16(13-7-14(18)9-15(19)8-13)11-4-3-5-12(6-11)17(21)22-2;1-20-15(19)10-4-2-3-9(5-10)14(18)11-6-12(16)8-13(17)7-11;3-1-2-4;;/h3-9,16H,10H2,2H3;2-8,14,18H,1H3;1H2;;/q;;;+1;-1. The number of alkyl halides is 1. The maximum Gasteiger partial charge on any atom is 1.00 e. The van der Waals surface area contributed by atoms with E-state index in [0.29, 0.717) is 38.7 Å². The zero-order valence-electron chi connectivity index (χ0n) is 26.9. The van der Waals surface area contributed by atoms with Gasteiger partial charge in [-0.05, 0) is 82.9 Å². The van der Waals surface area contributed by atoms with Crippen molar-refractivity contribution in [1.82, 2.24) is 0 Å². The fourth-order valence-electron chi connectivity index (χ4n) is 4.05. The number of aliphatic hydroxyl groups is 1. The van der Waals surface area contributed by atoms with Crippen LogP contribution in [0.1, 0.15) is 56.6 Å². The van der Waals surface area contributed by atoms with Gasteiger partial charge in [0, 0.05) is 10.0 Å². The molecule has 2 atom stereocenters. The Labute approximate surface area is 318 Å². The van der Waals surface area contributed by atoms with E-state index in [1.807, 2.05) is 6.07 Å². The van der Waals surface area contributed by atoms with Gasteiger partial charge in [0.05, 0.1) is 36.7 Å². The molecule has 0 aliphatic carbocycles. The summed E-state index contributed by atoms with van der Waals surface area (Å²) in [6.45, 7) is 6.66. The number of hydrogen-bond acceptors (Lipinski definition) is 7. The molecule has 0 aliphatic heterocycles. The van der Waals surface area contributed by atoms with Crippen LogP contribution in [0.2, 0.25) is 10.0 Å². The van der Waals surface area contributed by atoms with Gasteiger partial charge in [-0.2, -0.15) is 5.26 Å². The van der Waals surface area contributed by atoms with Crippen molar-refractivity contribution in [3.8, 4) is 6.07 Å². The van der Waals surface area contributed by atoms with Crippen molar-refractivity contribution in [2.45, 2.75) is 12.2 Å². The van der Waals surface area contributed by atoms with Gasteiger partial charge in [-0.15, -0.1) is 0 Å². The van der Waals surface area contributed by atoms with Gasteiger partial charge in [-0.1, -0.05) is 63.4 Å². The summed E-state index contributed by atoms with van der Waals surface area (Å²) in [6.07, 6.45) is -1.80. The van der Waals surface area contributed by atoms with Crippen LogP contribution in [0.5, 0.6) is 0 Å². The van der Waals surface area contributed by atoms with Gasteiger partial charge in [-0.3, -0.25) is 9.58 Å². The number of benzene rings is 4. The molecule has 0 heterocycles. The Kier molecular flexibility index (Phi) is 19.8. The van der Waals surface area contributed by atoms with Gasteiger partial charge < -0.3 is 16.0 Å². The Bertz CT molecular complexity index is 1740. The molecule has 14 heteroatoms. The third-order valence-corrected chi connectivity index (χ3v) is 6.67. The maximum atomic E-state index is 13.6. The van der Waals surface area contributed by atoms with E-state index in [2.05, 4.69) is 30.2 Å². The average molecular weight is 772 g/mol.